The minimum absolute atomic E-state index is 0.147. The van der Waals surface area contributed by atoms with Crippen molar-refractivity contribution in [1.29, 1.82) is 0 Å². The molecule has 2 aromatic heterocycles. The van der Waals surface area contributed by atoms with Crippen molar-refractivity contribution in [2.45, 2.75) is 0 Å². The molecule has 94 valence electrons. The molecule has 1 aromatic carbocycles. The number of carbonyl (C=O) groups is 1. The van der Waals surface area contributed by atoms with Gasteiger partial charge in [-0.1, -0.05) is 12.1 Å². The van der Waals surface area contributed by atoms with E-state index < -0.39 is 5.97 Å². The number of nitrogens with zero attached hydrogens (tertiary/aromatic N) is 2. The van der Waals surface area contributed by atoms with Crippen molar-refractivity contribution in [1.82, 2.24) is 9.38 Å². The summed E-state index contributed by atoms with van der Waals surface area (Å²) in [5, 5.41) is 18.4. The van der Waals surface area contributed by atoms with E-state index in [-0.39, 0.29) is 11.3 Å². The first-order valence-electron chi connectivity index (χ1n) is 5.65. The number of rotatable bonds is 2. The first-order valence-corrected chi connectivity index (χ1v) is 5.65. The number of carboxylic acid groups (broad SMARTS) is 1. The average Bonchev–Trinajstić information content (AvgIpc) is 2.81. The molecule has 5 heteroatoms. The van der Waals surface area contributed by atoms with Gasteiger partial charge in [0.1, 0.15) is 11.6 Å². The maximum absolute atomic E-state index is 10.8. The van der Waals surface area contributed by atoms with Crippen LogP contribution < -0.4 is 0 Å². The highest BCUT2D eigenvalue weighted by Crippen LogP contribution is 2.22. The van der Waals surface area contributed by atoms with E-state index in [4.69, 9.17) is 5.11 Å². The molecule has 19 heavy (non-hydrogen) atoms. The summed E-state index contributed by atoms with van der Waals surface area (Å²) in [6.45, 7) is 0. The average molecular weight is 254 g/mol. The lowest BCUT2D eigenvalue weighted by Gasteiger charge is -2.02. The van der Waals surface area contributed by atoms with E-state index in [1.54, 1.807) is 41.1 Å². The molecule has 3 aromatic rings. The van der Waals surface area contributed by atoms with E-state index in [0.29, 0.717) is 5.82 Å². The summed E-state index contributed by atoms with van der Waals surface area (Å²) >= 11 is 0. The number of pyridine rings is 1. The SMILES string of the molecule is O=C(O)c1ccc(-c2ncc3ccc(O)cn23)cc1. The zero-order valence-corrected chi connectivity index (χ0v) is 9.82. The van der Waals surface area contributed by atoms with Crippen LogP contribution in [0.25, 0.3) is 16.9 Å². The highest BCUT2D eigenvalue weighted by molar-refractivity contribution is 5.88. The van der Waals surface area contributed by atoms with Gasteiger partial charge >= 0.3 is 5.97 Å². The molecule has 0 radical (unpaired) electrons. The molecule has 0 unspecified atom stereocenters. The number of hydrogen-bond donors (Lipinski definition) is 2. The van der Waals surface area contributed by atoms with Crippen molar-refractivity contribution >= 4 is 11.5 Å². The van der Waals surface area contributed by atoms with Crippen LogP contribution in [0, 0.1) is 0 Å². The zero-order chi connectivity index (χ0) is 13.4. The third-order valence-electron chi connectivity index (χ3n) is 2.90. The Hall–Kier alpha value is -2.82. The number of hydrogen-bond acceptors (Lipinski definition) is 3. The predicted molar refractivity (Wildman–Crippen MR) is 69.3 cm³/mol. The van der Waals surface area contributed by atoms with Gasteiger partial charge in [0, 0.05) is 5.56 Å². The Bertz CT molecular complexity index is 760. The highest BCUT2D eigenvalue weighted by Gasteiger charge is 2.08. The second-order valence-electron chi connectivity index (χ2n) is 4.15. The van der Waals surface area contributed by atoms with Gasteiger partial charge in [0.2, 0.25) is 0 Å². The van der Waals surface area contributed by atoms with E-state index >= 15 is 0 Å². The molecular weight excluding hydrogens is 244 g/mol. The third kappa shape index (κ3) is 1.91. The molecule has 0 saturated heterocycles. The van der Waals surface area contributed by atoms with Gasteiger partial charge in [-0.3, -0.25) is 4.40 Å². The second-order valence-corrected chi connectivity index (χ2v) is 4.15. The number of aromatic nitrogens is 2. The molecule has 0 aliphatic carbocycles. The lowest BCUT2D eigenvalue weighted by atomic mass is 10.1. The van der Waals surface area contributed by atoms with Crippen molar-refractivity contribution in [3.05, 3.63) is 54.4 Å². The molecule has 0 aliphatic rings. The maximum Gasteiger partial charge on any atom is 0.335 e. The van der Waals surface area contributed by atoms with Crippen molar-refractivity contribution in [3.8, 4) is 17.1 Å². The summed E-state index contributed by atoms with van der Waals surface area (Å²) in [6.07, 6.45) is 3.27. The van der Waals surface area contributed by atoms with Crippen molar-refractivity contribution in [2.75, 3.05) is 0 Å². The van der Waals surface area contributed by atoms with Gasteiger partial charge in [-0.25, -0.2) is 9.78 Å². The van der Waals surface area contributed by atoms with Crippen molar-refractivity contribution < 1.29 is 15.0 Å². The van der Waals surface area contributed by atoms with Crippen LogP contribution >= 0.6 is 0 Å². The number of benzene rings is 1. The zero-order valence-electron chi connectivity index (χ0n) is 9.82. The number of fused-ring (bicyclic) bond motifs is 1. The standard InChI is InChI=1S/C14H10N2O3/c17-12-6-5-11-7-15-13(16(11)8-12)9-1-3-10(4-2-9)14(18)19/h1-8,17H,(H,18,19). The molecule has 0 atom stereocenters. The first-order chi connectivity index (χ1) is 9.15. The van der Waals surface area contributed by atoms with E-state index in [1.807, 2.05) is 0 Å². The Morgan fingerprint density at radius 3 is 2.53 bits per heavy atom. The first kappa shape index (κ1) is 11.3. The van der Waals surface area contributed by atoms with E-state index in [9.17, 15) is 9.90 Å². The Morgan fingerprint density at radius 1 is 1.11 bits per heavy atom. The molecule has 2 N–H and O–H groups in total. The van der Waals surface area contributed by atoms with Crippen LogP contribution in [0.5, 0.6) is 5.75 Å². The monoisotopic (exact) mass is 254 g/mol. The molecule has 0 saturated carbocycles. The minimum atomic E-state index is -0.961. The number of aromatic hydroxyl groups is 1. The summed E-state index contributed by atoms with van der Waals surface area (Å²) in [7, 11) is 0. The summed E-state index contributed by atoms with van der Waals surface area (Å²) in [5.41, 5.74) is 1.87. The minimum Gasteiger partial charge on any atom is -0.506 e. The Kier molecular flexibility index (Phi) is 2.45. The summed E-state index contributed by atoms with van der Waals surface area (Å²) in [4.78, 5) is 15.1. The molecule has 0 amide bonds. The van der Waals surface area contributed by atoms with Gasteiger partial charge in [0.15, 0.2) is 0 Å². The van der Waals surface area contributed by atoms with Crippen LogP contribution in [0.1, 0.15) is 10.4 Å². The lowest BCUT2D eigenvalue weighted by Crippen LogP contribution is -1.96. The van der Waals surface area contributed by atoms with Crippen molar-refractivity contribution in [3.63, 3.8) is 0 Å². The summed E-state index contributed by atoms with van der Waals surface area (Å²) in [5.74, 6) is -0.158. The number of aromatic carboxylic acids is 1. The van der Waals surface area contributed by atoms with Gasteiger partial charge in [-0.15, -0.1) is 0 Å². The van der Waals surface area contributed by atoms with Gasteiger partial charge in [0.25, 0.3) is 0 Å². The van der Waals surface area contributed by atoms with Gasteiger partial charge < -0.3 is 10.2 Å². The van der Waals surface area contributed by atoms with E-state index in [2.05, 4.69) is 4.98 Å². The van der Waals surface area contributed by atoms with Crippen LogP contribution in [0.3, 0.4) is 0 Å². The molecule has 0 bridgehead atoms. The summed E-state index contributed by atoms with van der Waals surface area (Å²) in [6, 6.07) is 9.80. The van der Waals surface area contributed by atoms with Gasteiger partial charge in [-0.05, 0) is 24.3 Å². The molecule has 2 heterocycles. The third-order valence-corrected chi connectivity index (χ3v) is 2.90. The fourth-order valence-electron chi connectivity index (χ4n) is 1.95. The molecule has 0 fully saturated rings. The highest BCUT2D eigenvalue weighted by atomic mass is 16.4. The Morgan fingerprint density at radius 2 is 1.84 bits per heavy atom. The fourth-order valence-corrected chi connectivity index (χ4v) is 1.95. The molecule has 0 aliphatic heterocycles. The van der Waals surface area contributed by atoms with E-state index in [1.165, 1.54) is 12.1 Å². The van der Waals surface area contributed by atoms with Crippen molar-refractivity contribution in [2.24, 2.45) is 0 Å². The smallest absolute Gasteiger partial charge is 0.335 e. The molecule has 5 nitrogen and oxygen atoms in total. The number of carboxylic acids is 1. The largest absolute Gasteiger partial charge is 0.506 e. The quantitative estimate of drug-likeness (QED) is 0.736. The van der Waals surface area contributed by atoms with Gasteiger partial charge in [-0.2, -0.15) is 0 Å². The Balaban J connectivity index is 2.13. The summed E-state index contributed by atoms with van der Waals surface area (Å²) < 4.78 is 1.76. The molecular formula is C14H10N2O3. The second kappa shape index (κ2) is 4.13. The van der Waals surface area contributed by atoms with Crippen LogP contribution in [0.4, 0.5) is 0 Å². The van der Waals surface area contributed by atoms with Crippen LogP contribution in [0.2, 0.25) is 0 Å². The maximum atomic E-state index is 10.8. The fraction of sp³-hybridized carbons (Fsp3) is 0. The van der Waals surface area contributed by atoms with Crippen LogP contribution in [-0.2, 0) is 0 Å². The van der Waals surface area contributed by atoms with E-state index in [0.717, 1.165) is 11.1 Å². The normalized spacial score (nSPS) is 10.7. The number of imidazole rings is 1. The Labute approximate surface area is 108 Å². The van der Waals surface area contributed by atoms with Gasteiger partial charge in [0.05, 0.1) is 23.5 Å². The van der Waals surface area contributed by atoms with Crippen LogP contribution in [-0.4, -0.2) is 25.6 Å². The lowest BCUT2D eigenvalue weighted by molar-refractivity contribution is 0.0697. The van der Waals surface area contributed by atoms with Crippen LogP contribution in [0.15, 0.2) is 48.8 Å². The molecule has 0 spiro atoms. The topological polar surface area (TPSA) is 74.8 Å². The molecule has 3 rings (SSSR count). The predicted octanol–water partition coefficient (Wildman–Crippen LogP) is 2.41.